The van der Waals surface area contributed by atoms with Crippen molar-refractivity contribution in [1.82, 2.24) is 0 Å². The van der Waals surface area contributed by atoms with E-state index in [1.165, 1.54) is 0 Å². The van der Waals surface area contributed by atoms with Gasteiger partial charge in [-0.3, -0.25) is 0 Å². The van der Waals surface area contributed by atoms with Crippen LogP contribution in [0.2, 0.25) is 5.02 Å². The van der Waals surface area contributed by atoms with Crippen LogP contribution in [0.15, 0.2) is 30.3 Å². The third-order valence-corrected chi connectivity index (χ3v) is 3.73. The Balaban J connectivity index is 2.25. The standard InChI is InChI=1S/C16H18ClNO3/c17-14-9-11(7-8-18)13(15(20)16(14)21)6-3-10-1-4-12(19)5-2-10/h1-2,4-5,9,19-21H,3,6-8,18H2. The first kappa shape index (κ1) is 15.5. The molecule has 0 aliphatic rings. The highest BCUT2D eigenvalue weighted by Crippen LogP contribution is 2.39. The predicted octanol–water partition coefficient (Wildman–Crippen LogP) is 2.74. The molecule has 4 nitrogen and oxygen atoms in total. The first-order valence-corrected chi connectivity index (χ1v) is 7.11. The van der Waals surface area contributed by atoms with Crippen molar-refractivity contribution in [3.8, 4) is 17.2 Å². The van der Waals surface area contributed by atoms with Gasteiger partial charge in [-0.1, -0.05) is 23.7 Å². The van der Waals surface area contributed by atoms with Gasteiger partial charge in [-0.25, -0.2) is 0 Å². The van der Waals surface area contributed by atoms with E-state index >= 15 is 0 Å². The molecule has 2 aromatic rings. The van der Waals surface area contributed by atoms with Crippen LogP contribution in [-0.2, 0) is 19.3 Å². The Morgan fingerprint density at radius 3 is 2.19 bits per heavy atom. The maximum Gasteiger partial charge on any atom is 0.176 e. The van der Waals surface area contributed by atoms with Gasteiger partial charge in [0, 0.05) is 5.56 Å². The highest BCUT2D eigenvalue weighted by Gasteiger charge is 2.15. The van der Waals surface area contributed by atoms with Gasteiger partial charge in [0.15, 0.2) is 11.5 Å². The topological polar surface area (TPSA) is 86.7 Å². The Bertz CT molecular complexity index is 626. The third kappa shape index (κ3) is 3.60. The van der Waals surface area contributed by atoms with E-state index in [-0.39, 0.29) is 22.3 Å². The summed E-state index contributed by atoms with van der Waals surface area (Å²) < 4.78 is 0. The number of hydrogen-bond donors (Lipinski definition) is 4. The molecule has 0 bridgehead atoms. The zero-order chi connectivity index (χ0) is 15.4. The fourth-order valence-corrected chi connectivity index (χ4v) is 2.53. The molecule has 0 heterocycles. The Kier molecular flexibility index (Phi) is 4.94. The SMILES string of the molecule is NCCc1cc(Cl)c(O)c(O)c1CCc1ccc(O)cc1. The van der Waals surface area contributed by atoms with Crippen molar-refractivity contribution in [2.45, 2.75) is 19.3 Å². The van der Waals surface area contributed by atoms with E-state index in [9.17, 15) is 15.3 Å². The van der Waals surface area contributed by atoms with Crippen LogP contribution < -0.4 is 5.73 Å². The van der Waals surface area contributed by atoms with Gasteiger partial charge in [-0.15, -0.1) is 0 Å². The number of hydrogen-bond acceptors (Lipinski definition) is 4. The Morgan fingerprint density at radius 2 is 1.57 bits per heavy atom. The van der Waals surface area contributed by atoms with Crippen LogP contribution in [0.1, 0.15) is 16.7 Å². The molecule has 21 heavy (non-hydrogen) atoms. The molecule has 0 aromatic heterocycles. The van der Waals surface area contributed by atoms with Crippen molar-refractivity contribution >= 4 is 11.6 Å². The Hall–Kier alpha value is -1.91. The van der Waals surface area contributed by atoms with Crippen molar-refractivity contribution in [2.75, 3.05) is 6.54 Å². The van der Waals surface area contributed by atoms with Crippen LogP contribution in [-0.4, -0.2) is 21.9 Å². The van der Waals surface area contributed by atoms with E-state index in [4.69, 9.17) is 17.3 Å². The van der Waals surface area contributed by atoms with E-state index < -0.39 is 0 Å². The molecule has 112 valence electrons. The molecule has 0 atom stereocenters. The molecule has 0 fully saturated rings. The summed E-state index contributed by atoms with van der Waals surface area (Å²) in [6.45, 7) is 0.437. The minimum absolute atomic E-state index is 0.129. The van der Waals surface area contributed by atoms with Crippen LogP contribution in [0.25, 0.3) is 0 Å². The lowest BCUT2D eigenvalue weighted by atomic mass is 9.96. The van der Waals surface area contributed by atoms with Crippen LogP contribution in [0.5, 0.6) is 17.2 Å². The molecule has 0 spiro atoms. The van der Waals surface area contributed by atoms with Crippen molar-refractivity contribution < 1.29 is 15.3 Å². The second-order valence-corrected chi connectivity index (χ2v) is 5.31. The number of phenolic OH excluding ortho intramolecular Hbond substituents is 3. The summed E-state index contributed by atoms with van der Waals surface area (Å²) in [4.78, 5) is 0. The van der Waals surface area contributed by atoms with Gasteiger partial charge in [0.05, 0.1) is 5.02 Å². The maximum atomic E-state index is 10.1. The van der Waals surface area contributed by atoms with E-state index in [1.54, 1.807) is 18.2 Å². The number of halogens is 1. The number of aryl methyl sites for hydroxylation is 1. The molecular weight excluding hydrogens is 290 g/mol. The number of phenols is 3. The van der Waals surface area contributed by atoms with Gasteiger partial charge in [-0.2, -0.15) is 0 Å². The van der Waals surface area contributed by atoms with Crippen molar-refractivity contribution in [3.63, 3.8) is 0 Å². The van der Waals surface area contributed by atoms with E-state index in [1.807, 2.05) is 12.1 Å². The normalized spacial score (nSPS) is 10.8. The quantitative estimate of drug-likeness (QED) is 0.640. The fourth-order valence-electron chi connectivity index (χ4n) is 2.31. The summed E-state index contributed by atoms with van der Waals surface area (Å²) in [6.07, 6.45) is 1.81. The zero-order valence-corrected chi connectivity index (χ0v) is 12.3. The van der Waals surface area contributed by atoms with Crippen molar-refractivity contribution in [3.05, 3.63) is 52.0 Å². The molecule has 0 unspecified atom stereocenters. The first-order chi connectivity index (χ1) is 10.0. The molecule has 0 amide bonds. The summed E-state index contributed by atoms with van der Waals surface area (Å²) >= 11 is 5.88. The van der Waals surface area contributed by atoms with Gasteiger partial charge in [0.1, 0.15) is 5.75 Å². The van der Waals surface area contributed by atoms with E-state index in [2.05, 4.69) is 0 Å². The molecule has 5 N–H and O–H groups in total. The van der Waals surface area contributed by atoms with Crippen LogP contribution in [0.3, 0.4) is 0 Å². The number of aromatic hydroxyl groups is 3. The zero-order valence-electron chi connectivity index (χ0n) is 11.5. The van der Waals surface area contributed by atoms with Crippen LogP contribution in [0.4, 0.5) is 0 Å². The molecule has 2 aromatic carbocycles. The number of benzene rings is 2. The summed E-state index contributed by atoms with van der Waals surface area (Å²) in [5.41, 5.74) is 8.11. The van der Waals surface area contributed by atoms with Crippen LogP contribution >= 0.6 is 11.6 Å². The highest BCUT2D eigenvalue weighted by molar-refractivity contribution is 6.32. The molecule has 0 saturated heterocycles. The lowest BCUT2D eigenvalue weighted by Crippen LogP contribution is -2.06. The largest absolute Gasteiger partial charge is 0.508 e. The lowest BCUT2D eigenvalue weighted by molar-refractivity contribution is 0.398. The van der Waals surface area contributed by atoms with Gasteiger partial charge in [0.2, 0.25) is 0 Å². The Morgan fingerprint density at radius 1 is 0.905 bits per heavy atom. The molecule has 2 rings (SSSR count). The van der Waals surface area contributed by atoms with Gasteiger partial charge in [0.25, 0.3) is 0 Å². The molecule has 0 radical (unpaired) electrons. The summed E-state index contributed by atoms with van der Waals surface area (Å²) in [5, 5.41) is 29.3. The van der Waals surface area contributed by atoms with Crippen molar-refractivity contribution in [2.24, 2.45) is 5.73 Å². The average Bonchev–Trinajstić information content (AvgIpc) is 2.47. The smallest absolute Gasteiger partial charge is 0.176 e. The first-order valence-electron chi connectivity index (χ1n) is 6.73. The third-order valence-electron chi connectivity index (χ3n) is 3.44. The Labute approximate surface area is 128 Å². The monoisotopic (exact) mass is 307 g/mol. The molecule has 0 saturated carbocycles. The van der Waals surface area contributed by atoms with E-state index in [0.717, 1.165) is 11.1 Å². The maximum absolute atomic E-state index is 10.1. The number of rotatable bonds is 5. The molecular formula is C16H18ClNO3. The van der Waals surface area contributed by atoms with Crippen molar-refractivity contribution in [1.29, 1.82) is 0 Å². The van der Waals surface area contributed by atoms with E-state index in [0.29, 0.717) is 31.4 Å². The van der Waals surface area contributed by atoms with Gasteiger partial charge >= 0.3 is 0 Å². The summed E-state index contributed by atoms with van der Waals surface area (Å²) in [7, 11) is 0. The average molecular weight is 308 g/mol. The molecule has 5 heteroatoms. The van der Waals surface area contributed by atoms with Crippen LogP contribution in [0, 0.1) is 0 Å². The number of nitrogens with two attached hydrogens (primary N) is 1. The minimum Gasteiger partial charge on any atom is -0.508 e. The fraction of sp³-hybridized carbons (Fsp3) is 0.250. The predicted molar refractivity (Wildman–Crippen MR) is 83.1 cm³/mol. The summed E-state index contributed by atoms with van der Waals surface area (Å²) in [5.74, 6) is -0.252. The molecule has 0 aliphatic carbocycles. The van der Waals surface area contributed by atoms with Gasteiger partial charge in [-0.05, 0) is 55.1 Å². The second-order valence-electron chi connectivity index (χ2n) is 4.90. The summed E-state index contributed by atoms with van der Waals surface area (Å²) in [6, 6.07) is 8.54. The highest BCUT2D eigenvalue weighted by atomic mass is 35.5. The molecule has 0 aliphatic heterocycles. The minimum atomic E-state index is -0.293. The lowest BCUT2D eigenvalue weighted by Gasteiger charge is -2.14. The van der Waals surface area contributed by atoms with Gasteiger partial charge < -0.3 is 21.1 Å². The second kappa shape index (κ2) is 6.70.